The summed E-state index contributed by atoms with van der Waals surface area (Å²) in [6.07, 6.45) is 0.922. The summed E-state index contributed by atoms with van der Waals surface area (Å²) < 4.78 is 0. The van der Waals surface area contributed by atoms with E-state index < -0.39 is 0 Å². The second-order valence-electron chi connectivity index (χ2n) is 3.73. The SMILES string of the molecule is C[N+](Cc1ccc(O)c(O)c1)NCCCN. The molecule has 1 radical (unpaired) electrons. The highest BCUT2D eigenvalue weighted by molar-refractivity contribution is 5.40. The van der Waals surface area contributed by atoms with Crippen LogP contribution in [0.25, 0.3) is 0 Å². The number of nitrogens with two attached hydrogens (primary N) is 1. The lowest BCUT2D eigenvalue weighted by atomic mass is 10.2. The number of hydrogen-bond donors (Lipinski definition) is 4. The number of nitrogens with zero attached hydrogens (tertiary/aromatic N) is 1. The fourth-order valence-electron chi connectivity index (χ4n) is 1.37. The van der Waals surface area contributed by atoms with Crippen molar-refractivity contribution in [3.8, 4) is 11.5 Å². The molecule has 0 aliphatic rings. The van der Waals surface area contributed by atoms with E-state index >= 15 is 0 Å². The average Bonchev–Trinajstić information content (AvgIpc) is 2.24. The molecule has 0 aliphatic carbocycles. The van der Waals surface area contributed by atoms with E-state index in [0.29, 0.717) is 13.1 Å². The monoisotopic (exact) mass is 225 g/mol. The topological polar surface area (TPSA) is 84.4 Å². The molecule has 5 heteroatoms. The predicted octanol–water partition coefficient (Wildman–Crippen LogP) is 0.221. The molecule has 1 aromatic carbocycles. The van der Waals surface area contributed by atoms with Crippen molar-refractivity contribution in [2.24, 2.45) is 5.73 Å². The summed E-state index contributed by atoms with van der Waals surface area (Å²) in [5, 5.41) is 20.4. The first-order valence-electron chi connectivity index (χ1n) is 5.29. The Labute approximate surface area is 95.5 Å². The molecule has 0 aliphatic heterocycles. The lowest BCUT2D eigenvalue weighted by Crippen LogP contribution is -2.40. The van der Waals surface area contributed by atoms with E-state index in [1.807, 2.05) is 12.1 Å². The van der Waals surface area contributed by atoms with Gasteiger partial charge in [0.25, 0.3) is 0 Å². The first kappa shape index (κ1) is 12.8. The largest absolute Gasteiger partial charge is 0.504 e. The molecule has 0 atom stereocenters. The van der Waals surface area contributed by atoms with Gasteiger partial charge in [-0.3, -0.25) is 0 Å². The molecule has 0 unspecified atom stereocenters. The second-order valence-corrected chi connectivity index (χ2v) is 3.73. The number of nitrogens with one attached hydrogen (secondary N) is 1. The van der Waals surface area contributed by atoms with Crippen molar-refractivity contribution in [1.82, 2.24) is 10.4 Å². The summed E-state index contributed by atoms with van der Waals surface area (Å²) in [4.78, 5) is 0. The number of phenols is 2. The van der Waals surface area contributed by atoms with Gasteiger partial charge in [0.1, 0.15) is 7.05 Å². The van der Waals surface area contributed by atoms with E-state index in [0.717, 1.165) is 18.5 Å². The zero-order chi connectivity index (χ0) is 12.0. The molecule has 0 bridgehead atoms. The van der Waals surface area contributed by atoms with Crippen LogP contribution in [0.3, 0.4) is 0 Å². The van der Waals surface area contributed by atoms with Gasteiger partial charge in [0.15, 0.2) is 18.0 Å². The fourth-order valence-corrected chi connectivity index (χ4v) is 1.37. The Hall–Kier alpha value is -1.30. The molecule has 89 valence electrons. The minimum Gasteiger partial charge on any atom is -0.504 e. The third kappa shape index (κ3) is 4.06. The fraction of sp³-hybridized carbons (Fsp3) is 0.455. The molecule has 0 fully saturated rings. The van der Waals surface area contributed by atoms with Crippen molar-refractivity contribution in [3.05, 3.63) is 23.8 Å². The number of rotatable bonds is 6. The molecule has 0 amide bonds. The standard InChI is InChI=1S/C11H19N3O2/c1-14(13-6-2-5-12)8-9-3-4-10(15)11(16)7-9/h3-4,7,13,15-16H,2,5-6,8,12H2,1H3/q+1. The van der Waals surface area contributed by atoms with Crippen molar-refractivity contribution in [1.29, 1.82) is 0 Å². The lowest BCUT2D eigenvalue weighted by Gasteiger charge is -2.08. The molecule has 0 aromatic heterocycles. The number of benzene rings is 1. The molecule has 1 rings (SSSR count). The maximum absolute atomic E-state index is 9.32. The van der Waals surface area contributed by atoms with Gasteiger partial charge in [0.05, 0.1) is 6.54 Å². The van der Waals surface area contributed by atoms with Crippen LogP contribution >= 0.6 is 0 Å². The van der Waals surface area contributed by atoms with E-state index in [1.54, 1.807) is 12.1 Å². The molecule has 0 spiro atoms. The van der Waals surface area contributed by atoms with Gasteiger partial charge in [-0.25, -0.2) is 0 Å². The summed E-state index contributed by atoms with van der Waals surface area (Å²) in [5.41, 5.74) is 9.49. The number of hydrazine groups is 1. The predicted molar refractivity (Wildman–Crippen MR) is 63.2 cm³/mol. The zero-order valence-corrected chi connectivity index (χ0v) is 9.48. The molecule has 0 saturated heterocycles. The molecule has 0 heterocycles. The lowest BCUT2D eigenvalue weighted by molar-refractivity contribution is 0.353. The van der Waals surface area contributed by atoms with Crippen LogP contribution in [-0.2, 0) is 6.54 Å². The summed E-state index contributed by atoms with van der Waals surface area (Å²) in [6.45, 7) is 2.15. The molecule has 5 N–H and O–H groups in total. The van der Waals surface area contributed by atoms with Gasteiger partial charge < -0.3 is 15.9 Å². The molecule has 1 aromatic rings. The minimum absolute atomic E-state index is 0.0899. The first-order valence-corrected chi connectivity index (χ1v) is 5.29. The van der Waals surface area contributed by atoms with E-state index in [1.165, 1.54) is 6.07 Å². The van der Waals surface area contributed by atoms with Crippen LogP contribution in [-0.4, -0.2) is 30.4 Å². The van der Waals surface area contributed by atoms with E-state index in [9.17, 15) is 5.11 Å². The van der Waals surface area contributed by atoms with Crippen LogP contribution in [0.2, 0.25) is 0 Å². The summed E-state index contributed by atoms with van der Waals surface area (Å²) >= 11 is 0. The highest BCUT2D eigenvalue weighted by Crippen LogP contribution is 2.24. The highest BCUT2D eigenvalue weighted by Gasteiger charge is 2.10. The third-order valence-corrected chi connectivity index (χ3v) is 2.22. The first-order chi connectivity index (χ1) is 7.63. The third-order valence-electron chi connectivity index (χ3n) is 2.22. The van der Waals surface area contributed by atoms with Crippen LogP contribution in [0.5, 0.6) is 11.5 Å². The van der Waals surface area contributed by atoms with Crippen molar-refractivity contribution < 1.29 is 10.2 Å². The Balaban J connectivity index is 2.43. The van der Waals surface area contributed by atoms with E-state index in [4.69, 9.17) is 10.8 Å². The normalized spacial score (nSPS) is 10.9. The molecular formula is C11H19N3O2+. The molecule has 0 saturated carbocycles. The van der Waals surface area contributed by atoms with Gasteiger partial charge in [0, 0.05) is 5.56 Å². The summed E-state index contributed by atoms with van der Waals surface area (Å²) in [7, 11) is 1.92. The number of aromatic hydroxyl groups is 2. The Kier molecular flexibility index (Phi) is 5.04. The number of phenolic OH excluding ortho intramolecular Hbond substituents is 2. The maximum atomic E-state index is 9.32. The van der Waals surface area contributed by atoms with Crippen LogP contribution in [0.1, 0.15) is 12.0 Å². The van der Waals surface area contributed by atoms with E-state index in [-0.39, 0.29) is 11.5 Å². The van der Waals surface area contributed by atoms with Gasteiger partial charge in [-0.05, 0) is 31.2 Å². The smallest absolute Gasteiger partial charge is 0.169 e. The minimum atomic E-state index is -0.0949. The van der Waals surface area contributed by atoms with E-state index in [2.05, 4.69) is 5.43 Å². The van der Waals surface area contributed by atoms with Crippen molar-refractivity contribution in [3.63, 3.8) is 0 Å². The highest BCUT2D eigenvalue weighted by atomic mass is 16.3. The quantitative estimate of drug-likeness (QED) is 0.241. The van der Waals surface area contributed by atoms with Crippen LogP contribution in [0.4, 0.5) is 0 Å². The van der Waals surface area contributed by atoms with Crippen molar-refractivity contribution >= 4 is 0 Å². The van der Waals surface area contributed by atoms with Crippen LogP contribution < -0.4 is 16.2 Å². The molecular weight excluding hydrogens is 206 g/mol. The Morgan fingerprint density at radius 3 is 2.69 bits per heavy atom. The Morgan fingerprint density at radius 2 is 2.06 bits per heavy atom. The van der Waals surface area contributed by atoms with Gasteiger partial charge >= 0.3 is 0 Å². The van der Waals surface area contributed by atoms with Gasteiger partial charge in [-0.15, -0.1) is 5.43 Å². The zero-order valence-electron chi connectivity index (χ0n) is 9.48. The summed E-state index contributed by atoms with van der Waals surface area (Å²) in [5.74, 6) is -0.185. The van der Waals surface area contributed by atoms with Crippen molar-refractivity contribution in [2.75, 3.05) is 20.1 Å². The van der Waals surface area contributed by atoms with Crippen molar-refractivity contribution in [2.45, 2.75) is 13.0 Å². The number of hydrogen-bond acceptors (Lipinski definition) is 5. The van der Waals surface area contributed by atoms with Gasteiger partial charge in [-0.1, -0.05) is 5.01 Å². The summed E-state index contributed by atoms with van der Waals surface area (Å²) in [6, 6.07) is 4.81. The Morgan fingerprint density at radius 1 is 1.31 bits per heavy atom. The molecule has 5 nitrogen and oxygen atoms in total. The van der Waals surface area contributed by atoms with Gasteiger partial charge in [-0.2, -0.15) is 0 Å². The second kappa shape index (κ2) is 6.32. The van der Waals surface area contributed by atoms with Gasteiger partial charge in [0.2, 0.25) is 0 Å². The molecule has 16 heavy (non-hydrogen) atoms. The van der Waals surface area contributed by atoms with Crippen LogP contribution in [0.15, 0.2) is 18.2 Å². The van der Waals surface area contributed by atoms with Crippen LogP contribution in [0, 0.1) is 0 Å². The average molecular weight is 225 g/mol. The maximum Gasteiger partial charge on any atom is 0.169 e. The Bertz CT molecular complexity index is 331.